The van der Waals surface area contributed by atoms with Gasteiger partial charge in [0, 0.05) is 28.3 Å². The maximum absolute atomic E-state index is 4.54. The third-order valence-electron chi connectivity index (χ3n) is 0.109. The van der Waals surface area contributed by atoms with Crippen LogP contribution in [0.4, 0.5) is 0 Å². The minimum Gasteiger partial charge on any atom is -0.325 e. The van der Waals surface area contributed by atoms with Gasteiger partial charge in [0.1, 0.15) is 0 Å². The summed E-state index contributed by atoms with van der Waals surface area (Å²) in [5.74, 6) is 0. The van der Waals surface area contributed by atoms with Gasteiger partial charge in [-0.05, 0) is 4.51 Å². The van der Waals surface area contributed by atoms with E-state index in [0.29, 0.717) is 0 Å². The fourth-order valence-corrected chi connectivity index (χ4v) is 0. The molecule has 0 aliphatic carbocycles. The summed E-state index contributed by atoms with van der Waals surface area (Å²) in [5.41, 5.74) is 0. The third-order valence-corrected chi connectivity index (χ3v) is 0.732. The predicted octanol–water partition coefficient (Wildman–Crippen LogP) is 0.951. The van der Waals surface area contributed by atoms with E-state index in [1.807, 2.05) is 0 Å². The summed E-state index contributed by atoms with van der Waals surface area (Å²) in [7, 11) is 1.67. The molecule has 4 heavy (non-hydrogen) atoms. The van der Waals surface area contributed by atoms with Crippen LogP contribution in [-0.2, 0) is 3.07 Å². The van der Waals surface area contributed by atoms with Crippen LogP contribution in [0.25, 0.3) is 0 Å². The molecule has 0 bridgehead atoms. The van der Waals surface area contributed by atoms with E-state index in [4.69, 9.17) is 0 Å². The maximum atomic E-state index is 4.54. The molecular weight excluding hydrogens is 167 g/mol. The Balaban J connectivity index is 2.30. The summed E-state index contributed by atoms with van der Waals surface area (Å²) in [4.78, 5) is 0. The Kier molecular flexibility index (Phi) is 4.06. The number of hydrogen-bond acceptors (Lipinski definition) is 1. The van der Waals surface area contributed by atoms with E-state index in [1.165, 1.54) is 0 Å². The van der Waals surface area contributed by atoms with Crippen molar-refractivity contribution in [2.75, 3.05) is 7.11 Å². The Morgan fingerprint density at radius 3 is 2.25 bits per heavy atom. The molecule has 0 heterocycles. The Labute approximate surface area is 36.3 Å². The molecule has 0 radical (unpaired) electrons. The molecule has 0 atom stereocenters. The Morgan fingerprint density at radius 2 is 2.25 bits per heavy atom. The van der Waals surface area contributed by atoms with E-state index < -0.39 is 0 Å². The second kappa shape index (κ2) is 3.56. The normalized spacial score (nSPS) is 7.25. The first-order valence-electron chi connectivity index (χ1n) is 0.830. The van der Waals surface area contributed by atoms with Crippen LogP contribution >= 0.6 is 21.1 Å². The smallest absolute Gasteiger partial charge is 0.0476 e. The van der Waals surface area contributed by atoms with E-state index in [1.54, 1.807) is 7.11 Å². The lowest BCUT2D eigenvalue weighted by Crippen LogP contribution is -1.42. The highest BCUT2D eigenvalue weighted by Crippen LogP contribution is 1.83. The second-order valence-electron chi connectivity index (χ2n) is 0.263. The van der Waals surface area contributed by atoms with E-state index in [2.05, 4.69) is 7.58 Å². The molecule has 0 N–H and O–H groups in total. The summed E-state index contributed by atoms with van der Waals surface area (Å²) in [6, 6.07) is 0. The first kappa shape index (κ1) is 4.56. The summed E-state index contributed by atoms with van der Waals surface area (Å²) < 4.78 is 8.03. The zero-order valence-electron chi connectivity index (χ0n) is 2.49. The molecule has 0 saturated heterocycles. The molecular formula is C2H5IO. The molecule has 2 heteroatoms. The van der Waals surface area contributed by atoms with Crippen LogP contribution in [0.3, 0.4) is 0 Å². The topological polar surface area (TPSA) is 9.23 Å². The summed E-state index contributed by atoms with van der Waals surface area (Å²) >= 11 is -0.139. The SMILES string of the molecule is C=IOC. The minimum absolute atomic E-state index is 0.139. The standard InChI is InChI=1S/C2H5IO/c1-3-4-2/h1H2,2H3. The van der Waals surface area contributed by atoms with Crippen molar-refractivity contribution in [1.29, 1.82) is 0 Å². The van der Waals surface area contributed by atoms with Gasteiger partial charge in [-0.3, -0.25) is 0 Å². The molecule has 0 aromatic heterocycles. The van der Waals surface area contributed by atoms with E-state index in [-0.39, 0.29) is 21.1 Å². The quantitative estimate of drug-likeness (QED) is 0.535. The minimum atomic E-state index is -0.139. The molecule has 0 aromatic rings. The van der Waals surface area contributed by atoms with Crippen molar-refractivity contribution >= 4 is 25.7 Å². The molecule has 26 valence electrons. The Bertz CT molecular complexity index is 20.0. The largest absolute Gasteiger partial charge is 0.325 e. The number of rotatable bonds is 1. The van der Waals surface area contributed by atoms with Crippen molar-refractivity contribution < 1.29 is 3.07 Å². The van der Waals surface area contributed by atoms with E-state index in [0.717, 1.165) is 0 Å². The van der Waals surface area contributed by atoms with Crippen LogP contribution in [0.1, 0.15) is 0 Å². The maximum Gasteiger partial charge on any atom is 0.0476 e. The van der Waals surface area contributed by atoms with Gasteiger partial charge in [0.05, 0.1) is 0 Å². The lowest BCUT2D eigenvalue weighted by Gasteiger charge is -1.65. The average molecular weight is 172 g/mol. The molecule has 0 aliphatic heterocycles. The molecule has 0 rings (SSSR count). The lowest BCUT2D eigenvalue weighted by atomic mass is 11.8. The van der Waals surface area contributed by atoms with Crippen LogP contribution in [-0.4, -0.2) is 11.6 Å². The van der Waals surface area contributed by atoms with Gasteiger partial charge in [-0.25, -0.2) is 0 Å². The van der Waals surface area contributed by atoms with Gasteiger partial charge >= 0.3 is 0 Å². The van der Waals surface area contributed by atoms with Gasteiger partial charge in [0.2, 0.25) is 0 Å². The Morgan fingerprint density at radius 1 is 2.00 bits per heavy atom. The fourth-order valence-electron chi connectivity index (χ4n) is 0. The van der Waals surface area contributed by atoms with Gasteiger partial charge < -0.3 is 3.07 Å². The first-order chi connectivity index (χ1) is 1.91. The highest BCUT2D eigenvalue weighted by Gasteiger charge is 1.40. The van der Waals surface area contributed by atoms with Crippen LogP contribution in [0.15, 0.2) is 0 Å². The molecule has 0 aromatic carbocycles. The molecule has 0 saturated carbocycles. The van der Waals surface area contributed by atoms with Crippen molar-refractivity contribution in [1.82, 2.24) is 0 Å². The summed E-state index contributed by atoms with van der Waals surface area (Å²) in [6.07, 6.45) is 0. The van der Waals surface area contributed by atoms with Gasteiger partial charge in [-0.1, -0.05) is 0 Å². The van der Waals surface area contributed by atoms with Crippen molar-refractivity contribution in [2.45, 2.75) is 0 Å². The van der Waals surface area contributed by atoms with E-state index in [9.17, 15) is 0 Å². The molecule has 0 unspecified atom stereocenters. The fraction of sp³-hybridized carbons (Fsp3) is 0.500. The van der Waals surface area contributed by atoms with Crippen molar-refractivity contribution in [3.8, 4) is 0 Å². The second-order valence-corrected chi connectivity index (χ2v) is 1.77. The highest BCUT2D eigenvalue weighted by molar-refractivity contribution is 14.2. The first-order valence-corrected chi connectivity index (χ1v) is 3.24. The Hall–Kier alpha value is 0.560. The molecule has 1 nitrogen and oxygen atoms in total. The monoisotopic (exact) mass is 172 g/mol. The van der Waals surface area contributed by atoms with Gasteiger partial charge in [-0.2, -0.15) is 0 Å². The van der Waals surface area contributed by atoms with Gasteiger partial charge in [0.15, 0.2) is 0 Å². The third kappa shape index (κ3) is 2.56. The molecule has 0 fully saturated rings. The van der Waals surface area contributed by atoms with Crippen LogP contribution in [0, 0.1) is 0 Å². The predicted molar refractivity (Wildman–Crippen MR) is 28.1 cm³/mol. The van der Waals surface area contributed by atoms with Crippen LogP contribution in [0.2, 0.25) is 0 Å². The van der Waals surface area contributed by atoms with Crippen LogP contribution in [0.5, 0.6) is 0 Å². The summed E-state index contributed by atoms with van der Waals surface area (Å²) in [6.45, 7) is 0. The number of halogens is 1. The molecule has 0 amide bonds. The zero-order valence-corrected chi connectivity index (χ0v) is 4.65. The molecule has 0 aliphatic rings. The summed E-state index contributed by atoms with van der Waals surface area (Å²) in [5, 5.41) is 0. The van der Waals surface area contributed by atoms with Crippen molar-refractivity contribution in [3.63, 3.8) is 0 Å². The highest BCUT2D eigenvalue weighted by atomic mass is 127. The van der Waals surface area contributed by atoms with Crippen LogP contribution < -0.4 is 0 Å². The molecule has 0 spiro atoms. The van der Waals surface area contributed by atoms with Crippen molar-refractivity contribution in [3.05, 3.63) is 0 Å². The van der Waals surface area contributed by atoms with E-state index >= 15 is 0 Å². The average Bonchev–Trinajstić information content (AvgIpc) is 1.37. The zero-order chi connectivity index (χ0) is 3.41. The lowest BCUT2D eigenvalue weighted by molar-refractivity contribution is 0.555. The number of hydrogen-bond donors (Lipinski definition) is 0. The van der Waals surface area contributed by atoms with Gasteiger partial charge in [-0.15, -0.1) is 0 Å². The van der Waals surface area contributed by atoms with Gasteiger partial charge in [0.25, 0.3) is 0 Å². The van der Waals surface area contributed by atoms with Crippen molar-refractivity contribution in [2.24, 2.45) is 0 Å².